The second-order valence-corrected chi connectivity index (χ2v) is 7.13. The highest BCUT2D eigenvalue weighted by Crippen LogP contribution is 2.32. The number of ether oxygens (including phenoxy) is 1. The number of benzene rings is 3. The van der Waals surface area contributed by atoms with Gasteiger partial charge in [-0.05, 0) is 57.0 Å². The third-order valence-corrected chi connectivity index (χ3v) is 5.05. The maximum absolute atomic E-state index is 12.1. The second kappa shape index (κ2) is 9.48. The van der Waals surface area contributed by atoms with E-state index >= 15 is 0 Å². The maximum Gasteiger partial charge on any atom is 0.264 e. The number of rotatable bonds is 6. The SMILES string of the molecule is O=C(COc1ccc2ccccc2c1Br)NC(=S)NCCc1ccccc1. The van der Waals surface area contributed by atoms with Crippen molar-refractivity contribution in [1.82, 2.24) is 10.6 Å². The first-order chi connectivity index (χ1) is 13.1. The first-order valence-electron chi connectivity index (χ1n) is 8.55. The Hall–Kier alpha value is -2.44. The predicted octanol–water partition coefficient (Wildman–Crippen LogP) is 4.21. The van der Waals surface area contributed by atoms with Crippen molar-refractivity contribution in [3.63, 3.8) is 0 Å². The molecule has 3 aromatic rings. The van der Waals surface area contributed by atoms with Crippen LogP contribution in [0.4, 0.5) is 0 Å². The maximum atomic E-state index is 12.1. The third-order valence-electron chi connectivity index (χ3n) is 3.98. The normalized spacial score (nSPS) is 10.4. The van der Waals surface area contributed by atoms with Crippen molar-refractivity contribution in [3.05, 3.63) is 76.8 Å². The van der Waals surface area contributed by atoms with Gasteiger partial charge in [0.1, 0.15) is 5.75 Å². The van der Waals surface area contributed by atoms with Crippen LogP contribution in [0.2, 0.25) is 0 Å². The minimum atomic E-state index is -0.299. The van der Waals surface area contributed by atoms with Crippen molar-refractivity contribution in [2.75, 3.05) is 13.2 Å². The lowest BCUT2D eigenvalue weighted by molar-refractivity contribution is -0.121. The van der Waals surface area contributed by atoms with Gasteiger partial charge >= 0.3 is 0 Å². The van der Waals surface area contributed by atoms with E-state index in [0.29, 0.717) is 17.4 Å². The number of amides is 1. The van der Waals surface area contributed by atoms with Gasteiger partial charge in [0.05, 0.1) is 4.47 Å². The molecule has 0 fully saturated rings. The topological polar surface area (TPSA) is 50.4 Å². The molecule has 3 aromatic carbocycles. The van der Waals surface area contributed by atoms with E-state index in [-0.39, 0.29) is 12.5 Å². The van der Waals surface area contributed by atoms with Crippen molar-refractivity contribution in [3.8, 4) is 5.75 Å². The quantitative estimate of drug-likeness (QED) is 0.561. The van der Waals surface area contributed by atoms with Crippen LogP contribution in [0, 0.1) is 0 Å². The fourth-order valence-corrected chi connectivity index (χ4v) is 3.46. The zero-order chi connectivity index (χ0) is 19.1. The number of hydrogen-bond acceptors (Lipinski definition) is 3. The Kier molecular flexibility index (Phi) is 6.79. The first-order valence-corrected chi connectivity index (χ1v) is 9.75. The average molecular weight is 443 g/mol. The summed E-state index contributed by atoms with van der Waals surface area (Å²) >= 11 is 8.70. The predicted molar refractivity (Wildman–Crippen MR) is 116 cm³/mol. The molecule has 0 aliphatic carbocycles. The number of carbonyl (C=O) groups is 1. The summed E-state index contributed by atoms with van der Waals surface area (Å²) < 4.78 is 6.47. The van der Waals surface area contributed by atoms with Crippen LogP contribution >= 0.6 is 28.1 Å². The Morgan fingerprint density at radius 1 is 1.00 bits per heavy atom. The number of halogens is 1. The molecule has 0 radical (unpaired) electrons. The van der Waals surface area contributed by atoms with Crippen molar-refractivity contribution >= 4 is 49.9 Å². The number of hydrogen-bond donors (Lipinski definition) is 2. The highest BCUT2D eigenvalue weighted by molar-refractivity contribution is 9.10. The van der Waals surface area contributed by atoms with Gasteiger partial charge in [-0.1, -0.05) is 60.7 Å². The van der Waals surface area contributed by atoms with Gasteiger partial charge in [-0.25, -0.2) is 0 Å². The number of nitrogens with one attached hydrogen (secondary N) is 2. The summed E-state index contributed by atoms with van der Waals surface area (Å²) in [7, 11) is 0. The summed E-state index contributed by atoms with van der Waals surface area (Å²) in [5.41, 5.74) is 1.21. The van der Waals surface area contributed by atoms with Crippen molar-refractivity contribution < 1.29 is 9.53 Å². The van der Waals surface area contributed by atoms with Crippen molar-refractivity contribution in [2.45, 2.75) is 6.42 Å². The molecule has 138 valence electrons. The van der Waals surface area contributed by atoms with E-state index in [4.69, 9.17) is 17.0 Å². The zero-order valence-electron chi connectivity index (χ0n) is 14.6. The second-order valence-electron chi connectivity index (χ2n) is 5.93. The van der Waals surface area contributed by atoms with E-state index in [1.165, 1.54) is 5.56 Å². The van der Waals surface area contributed by atoms with E-state index in [1.807, 2.05) is 54.6 Å². The Bertz CT molecular complexity index is 947. The molecule has 0 aliphatic rings. The molecule has 0 saturated carbocycles. The van der Waals surface area contributed by atoms with Crippen molar-refractivity contribution in [1.29, 1.82) is 0 Å². The van der Waals surface area contributed by atoms with E-state index < -0.39 is 0 Å². The lowest BCUT2D eigenvalue weighted by Gasteiger charge is -2.12. The molecule has 4 nitrogen and oxygen atoms in total. The Balaban J connectivity index is 1.45. The monoisotopic (exact) mass is 442 g/mol. The van der Waals surface area contributed by atoms with Crippen LogP contribution < -0.4 is 15.4 Å². The average Bonchev–Trinajstić information content (AvgIpc) is 2.68. The van der Waals surface area contributed by atoms with Crippen LogP contribution in [-0.2, 0) is 11.2 Å². The fraction of sp³-hybridized carbons (Fsp3) is 0.143. The summed E-state index contributed by atoms with van der Waals surface area (Å²) in [6.07, 6.45) is 0.831. The summed E-state index contributed by atoms with van der Waals surface area (Å²) in [6.45, 7) is 0.539. The van der Waals surface area contributed by atoms with Gasteiger partial charge in [-0.3, -0.25) is 4.79 Å². The molecule has 0 saturated heterocycles. The fourth-order valence-electron chi connectivity index (χ4n) is 2.64. The molecule has 2 N–H and O–H groups in total. The minimum Gasteiger partial charge on any atom is -0.483 e. The summed E-state index contributed by atoms with van der Waals surface area (Å²) in [5.74, 6) is 0.319. The van der Waals surface area contributed by atoms with E-state index in [2.05, 4.69) is 38.7 Å². The lowest BCUT2D eigenvalue weighted by atomic mass is 10.1. The van der Waals surface area contributed by atoms with Crippen LogP contribution in [0.5, 0.6) is 5.75 Å². The number of carbonyl (C=O) groups excluding carboxylic acids is 1. The molecule has 6 heteroatoms. The summed E-state index contributed by atoms with van der Waals surface area (Å²) in [5, 5.41) is 8.10. The van der Waals surface area contributed by atoms with E-state index in [9.17, 15) is 4.79 Å². The highest BCUT2D eigenvalue weighted by Gasteiger charge is 2.09. The first kappa shape index (κ1) is 19.3. The Morgan fingerprint density at radius 3 is 2.56 bits per heavy atom. The van der Waals surface area contributed by atoms with Crippen molar-refractivity contribution in [2.24, 2.45) is 0 Å². The molecule has 0 aliphatic heterocycles. The molecular formula is C21H19BrN2O2S. The van der Waals surface area contributed by atoms with Gasteiger partial charge in [-0.2, -0.15) is 0 Å². The summed E-state index contributed by atoms with van der Waals surface area (Å²) in [4.78, 5) is 12.1. The van der Waals surface area contributed by atoms with E-state index in [1.54, 1.807) is 0 Å². The molecule has 0 spiro atoms. The Labute approximate surface area is 172 Å². The molecular weight excluding hydrogens is 424 g/mol. The van der Waals surface area contributed by atoms with Crippen LogP contribution in [0.25, 0.3) is 10.8 Å². The number of fused-ring (bicyclic) bond motifs is 1. The van der Waals surface area contributed by atoms with Crippen LogP contribution in [0.15, 0.2) is 71.2 Å². The van der Waals surface area contributed by atoms with Gasteiger partial charge in [0, 0.05) is 6.54 Å². The molecule has 0 unspecified atom stereocenters. The molecule has 1 amide bonds. The molecule has 0 heterocycles. The molecule has 0 aromatic heterocycles. The smallest absolute Gasteiger partial charge is 0.264 e. The van der Waals surface area contributed by atoms with Crippen LogP contribution in [0.1, 0.15) is 5.56 Å². The molecule has 27 heavy (non-hydrogen) atoms. The van der Waals surface area contributed by atoms with Gasteiger partial charge in [-0.15, -0.1) is 0 Å². The van der Waals surface area contributed by atoms with Crippen LogP contribution in [-0.4, -0.2) is 24.2 Å². The highest BCUT2D eigenvalue weighted by atomic mass is 79.9. The lowest BCUT2D eigenvalue weighted by Crippen LogP contribution is -2.42. The zero-order valence-corrected chi connectivity index (χ0v) is 17.0. The van der Waals surface area contributed by atoms with Crippen LogP contribution in [0.3, 0.4) is 0 Å². The van der Waals surface area contributed by atoms with E-state index in [0.717, 1.165) is 21.7 Å². The molecule has 0 bridgehead atoms. The Morgan fingerprint density at radius 2 is 1.74 bits per heavy atom. The minimum absolute atomic E-state index is 0.114. The van der Waals surface area contributed by atoms with Gasteiger partial charge in [0.2, 0.25) is 0 Å². The standard InChI is InChI=1S/C21H19BrN2O2S/c22-20-17-9-5-4-8-16(17)10-11-18(20)26-14-19(25)24-21(27)23-13-12-15-6-2-1-3-7-15/h1-11H,12-14H2,(H2,23,24,25,27). The summed E-state index contributed by atoms with van der Waals surface area (Å²) in [6, 6.07) is 21.9. The molecule has 3 rings (SSSR count). The largest absolute Gasteiger partial charge is 0.483 e. The van der Waals surface area contributed by atoms with Gasteiger partial charge in [0.15, 0.2) is 11.7 Å². The van der Waals surface area contributed by atoms with Gasteiger partial charge in [0.25, 0.3) is 5.91 Å². The third kappa shape index (κ3) is 5.52. The number of thiocarbonyl (C=S) groups is 1. The van der Waals surface area contributed by atoms with Gasteiger partial charge < -0.3 is 15.4 Å². The molecule has 0 atom stereocenters.